The summed E-state index contributed by atoms with van der Waals surface area (Å²) in [4.78, 5) is 35.3. The minimum atomic E-state index is -0.428. The van der Waals surface area contributed by atoms with Gasteiger partial charge < -0.3 is 10.3 Å². The Balaban J connectivity index is 1.47. The third-order valence-electron chi connectivity index (χ3n) is 4.30. The van der Waals surface area contributed by atoms with Crippen molar-refractivity contribution in [2.45, 2.75) is 43.8 Å². The molecule has 0 aliphatic heterocycles. The molecule has 9 heteroatoms. The number of aromatic amines is 1. The first-order chi connectivity index (χ1) is 12.0. The zero-order valence-electron chi connectivity index (χ0n) is 13.8. The molecule has 3 N–H and O–H groups in total. The van der Waals surface area contributed by atoms with E-state index in [-0.39, 0.29) is 17.7 Å². The summed E-state index contributed by atoms with van der Waals surface area (Å²) in [5.41, 5.74) is 1.25. The maximum absolute atomic E-state index is 12.0. The van der Waals surface area contributed by atoms with Gasteiger partial charge >= 0.3 is 6.03 Å². The molecule has 0 unspecified atom stereocenters. The molecule has 3 amide bonds. The second-order valence-corrected chi connectivity index (χ2v) is 7.65. The molecule has 7 nitrogen and oxygen atoms in total. The summed E-state index contributed by atoms with van der Waals surface area (Å²) in [7, 11) is 0. The number of pyridine rings is 1. The average Bonchev–Trinajstić information content (AvgIpc) is 2.97. The van der Waals surface area contributed by atoms with Crippen molar-refractivity contribution in [1.29, 1.82) is 0 Å². The molecule has 0 radical (unpaired) electrons. The standard InChI is InChI=1S/C16H20ClN5O2S/c1-9-4-2-3-5-11(9)19-15(24)21-13(23)8-25-16-20-12-6-10(17)7-18-14(12)22-16/h6-7,9,11H,2-5,8H2,1H3,(H,18,20,22)(H2,19,21,23,24)/t9-,11-/m1/s1. The predicted octanol–water partition coefficient (Wildman–Crippen LogP) is 3.11. The van der Waals surface area contributed by atoms with E-state index in [0.29, 0.717) is 27.3 Å². The van der Waals surface area contributed by atoms with Gasteiger partial charge in [-0.05, 0) is 24.8 Å². The van der Waals surface area contributed by atoms with Crippen LogP contribution in [0.2, 0.25) is 5.02 Å². The van der Waals surface area contributed by atoms with Crippen LogP contribution >= 0.6 is 23.4 Å². The number of hydrogen-bond donors (Lipinski definition) is 3. The van der Waals surface area contributed by atoms with E-state index in [9.17, 15) is 9.59 Å². The smallest absolute Gasteiger partial charge is 0.321 e. The van der Waals surface area contributed by atoms with E-state index in [1.165, 1.54) is 24.4 Å². The molecule has 0 saturated heterocycles. The van der Waals surface area contributed by atoms with E-state index < -0.39 is 6.03 Å². The molecule has 25 heavy (non-hydrogen) atoms. The van der Waals surface area contributed by atoms with Crippen LogP contribution in [0, 0.1) is 5.92 Å². The van der Waals surface area contributed by atoms with Gasteiger partial charge in [0.2, 0.25) is 5.91 Å². The Bertz CT molecular complexity index is 781. The lowest BCUT2D eigenvalue weighted by atomic mass is 9.86. The number of carbonyl (C=O) groups is 2. The van der Waals surface area contributed by atoms with Crippen molar-refractivity contribution in [3.63, 3.8) is 0 Å². The highest BCUT2D eigenvalue weighted by atomic mass is 35.5. The van der Waals surface area contributed by atoms with Crippen molar-refractivity contribution >= 4 is 46.5 Å². The Labute approximate surface area is 154 Å². The SMILES string of the molecule is C[C@@H]1CCCC[C@H]1NC(=O)NC(=O)CSc1nc2ncc(Cl)cc2[nH]1. The van der Waals surface area contributed by atoms with Crippen molar-refractivity contribution < 1.29 is 9.59 Å². The first kappa shape index (κ1) is 18.0. The number of fused-ring (bicyclic) bond motifs is 1. The summed E-state index contributed by atoms with van der Waals surface area (Å²) in [6, 6.07) is 1.43. The molecule has 1 saturated carbocycles. The van der Waals surface area contributed by atoms with Crippen molar-refractivity contribution in [1.82, 2.24) is 25.6 Å². The van der Waals surface area contributed by atoms with Gasteiger partial charge in [0, 0.05) is 12.2 Å². The van der Waals surface area contributed by atoms with Crippen molar-refractivity contribution in [3.05, 3.63) is 17.3 Å². The van der Waals surface area contributed by atoms with Crippen LogP contribution < -0.4 is 10.6 Å². The van der Waals surface area contributed by atoms with E-state index in [1.807, 2.05) is 0 Å². The van der Waals surface area contributed by atoms with Crippen LogP contribution in [-0.4, -0.2) is 38.7 Å². The number of urea groups is 1. The number of amides is 3. The van der Waals surface area contributed by atoms with Gasteiger partial charge in [0.05, 0.1) is 16.3 Å². The number of rotatable bonds is 4. The Kier molecular flexibility index (Phi) is 5.80. The Hall–Kier alpha value is -1.80. The number of aromatic nitrogens is 3. The van der Waals surface area contributed by atoms with Crippen LogP contribution in [0.1, 0.15) is 32.6 Å². The average molecular weight is 382 g/mol. The monoisotopic (exact) mass is 381 g/mol. The molecule has 1 aliphatic carbocycles. The molecule has 2 aromatic rings. The van der Waals surface area contributed by atoms with Crippen LogP contribution in [0.5, 0.6) is 0 Å². The minimum Gasteiger partial charge on any atom is -0.335 e. The predicted molar refractivity (Wildman–Crippen MR) is 97.7 cm³/mol. The van der Waals surface area contributed by atoms with E-state index in [1.54, 1.807) is 6.07 Å². The molecule has 0 bridgehead atoms. The molecule has 1 aliphatic rings. The van der Waals surface area contributed by atoms with Crippen LogP contribution in [0.15, 0.2) is 17.4 Å². The summed E-state index contributed by atoms with van der Waals surface area (Å²) in [6.45, 7) is 2.13. The number of imidazole rings is 1. The number of H-pyrrole nitrogens is 1. The minimum absolute atomic E-state index is 0.0845. The maximum Gasteiger partial charge on any atom is 0.321 e. The van der Waals surface area contributed by atoms with Gasteiger partial charge in [-0.15, -0.1) is 0 Å². The van der Waals surface area contributed by atoms with Gasteiger partial charge in [0.25, 0.3) is 0 Å². The Morgan fingerprint density at radius 1 is 1.40 bits per heavy atom. The zero-order valence-corrected chi connectivity index (χ0v) is 15.4. The zero-order chi connectivity index (χ0) is 17.8. The number of nitrogens with one attached hydrogen (secondary N) is 3. The first-order valence-corrected chi connectivity index (χ1v) is 9.62. The largest absolute Gasteiger partial charge is 0.335 e. The summed E-state index contributed by atoms with van der Waals surface area (Å²) in [5.74, 6) is 0.164. The quantitative estimate of drug-likeness (QED) is 0.706. The van der Waals surface area contributed by atoms with Gasteiger partial charge in [-0.1, -0.05) is 43.1 Å². The topological polar surface area (TPSA) is 99.8 Å². The number of imide groups is 1. The number of thioether (sulfide) groups is 1. The van der Waals surface area contributed by atoms with Crippen LogP contribution in [0.4, 0.5) is 4.79 Å². The normalized spacial score (nSPS) is 20.4. The summed E-state index contributed by atoms with van der Waals surface area (Å²) >= 11 is 7.08. The summed E-state index contributed by atoms with van der Waals surface area (Å²) in [6.07, 6.45) is 5.91. The third kappa shape index (κ3) is 4.85. The molecule has 0 aromatic carbocycles. The highest BCUT2D eigenvalue weighted by Crippen LogP contribution is 2.23. The fourth-order valence-electron chi connectivity index (χ4n) is 2.95. The van der Waals surface area contributed by atoms with Gasteiger partial charge in [-0.3, -0.25) is 10.1 Å². The van der Waals surface area contributed by atoms with E-state index in [0.717, 1.165) is 19.3 Å². The Morgan fingerprint density at radius 2 is 2.20 bits per heavy atom. The number of hydrogen-bond acceptors (Lipinski definition) is 5. The number of halogens is 1. The fourth-order valence-corrected chi connectivity index (χ4v) is 3.78. The lowest BCUT2D eigenvalue weighted by molar-refractivity contribution is -0.117. The molecular formula is C16H20ClN5O2S. The summed E-state index contributed by atoms with van der Waals surface area (Å²) < 4.78 is 0. The highest BCUT2D eigenvalue weighted by Gasteiger charge is 2.23. The second kappa shape index (κ2) is 8.05. The molecule has 2 atom stereocenters. The number of nitrogens with zero attached hydrogens (tertiary/aromatic N) is 2. The van der Waals surface area contributed by atoms with Crippen LogP contribution in [0.3, 0.4) is 0 Å². The van der Waals surface area contributed by atoms with E-state index >= 15 is 0 Å². The summed E-state index contributed by atoms with van der Waals surface area (Å²) in [5, 5.41) is 6.34. The van der Waals surface area contributed by atoms with E-state index in [4.69, 9.17) is 11.6 Å². The third-order valence-corrected chi connectivity index (χ3v) is 5.38. The van der Waals surface area contributed by atoms with Crippen molar-refractivity contribution in [2.75, 3.05) is 5.75 Å². The first-order valence-electron chi connectivity index (χ1n) is 8.25. The van der Waals surface area contributed by atoms with E-state index in [2.05, 4.69) is 32.5 Å². The lowest BCUT2D eigenvalue weighted by Crippen LogP contribution is -2.48. The molecule has 3 rings (SSSR count). The van der Waals surface area contributed by atoms with Gasteiger partial charge in [-0.25, -0.2) is 14.8 Å². The second-order valence-electron chi connectivity index (χ2n) is 6.25. The van der Waals surface area contributed by atoms with Gasteiger partial charge in [0.15, 0.2) is 10.8 Å². The fraction of sp³-hybridized carbons (Fsp3) is 0.500. The van der Waals surface area contributed by atoms with Crippen molar-refractivity contribution in [3.8, 4) is 0 Å². The molecule has 2 heterocycles. The van der Waals surface area contributed by atoms with Crippen LogP contribution in [0.25, 0.3) is 11.2 Å². The number of carbonyl (C=O) groups excluding carboxylic acids is 2. The molecular weight excluding hydrogens is 362 g/mol. The van der Waals surface area contributed by atoms with Gasteiger partial charge in [0.1, 0.15) is 0 Å². The molecule has 2 aromatic heterocycles. The molecule has 134 valence electrons. The molecule has 0 spiro atoms. The Morgan fingerprint density at radius 3 is 3.00 bits per heavy atom. The maximum atomic E-state index is 12.0. The van der Waals surface area contributed by atoms with Crippen LogP contribution in [-0.2, 0) is 4.79 Å². The highest BCUT2D eigenvalue weighted by molar-refractivity contribution is 7.99. The van der Waals surface area contributed by atoms with Gasteiger partial charge in [-0.2, -0.15) is 0 Å². The van der Waals surface area contributed by atoms with Crippen molar-refractivity contribution in [2.24, 2.45) is 5.92 Å². The lowest BCUT2D eigenvalue weighted by Gasteiger charge is -2.29. The molecule has 1 fully saturated rings.